The van der Waals surface area contributed by atoms with Gasteiger partial charge in [-0.1, -0.05) is 29.3 Å². The Bertz CT molecular complexity index is 516. The predicted molar refractivity (Wildman–Crippen MR) is 58.3 cm³/mol. The molecular formula is C8H8Cl2N2O2S. The van der Waals surface area contributed by atoms with Gasteiger partial charge in [0.05, 0.1) is 10.0 Å². The Balaban J connectivity index is 2.81. The van der Waals surface area contributed by atoms with Crippen molar-refractivity contribution in [2.45, 2.75) is 17.9 Å². The highest BCUT2D eigenvalue weighted by Crippen LogP contribution is 2.36. The molecule has 0 saturated heterocycles. The van der Waals surface area contributed by atoms with Gasteiger partial charge >= 0.3 is 0 Å². The number of hydrogen-bond donors (Lipinski definition) is 2. The summed E-state index contributed by atoms with van der Waals surface area (Å²) in [6, 6.07) is 3.10. The first-order chi connectivity index (χ1) is 6.93. The van der Waals surface area contributed by atoms with Crippen molar-refractivity contribution in [3.05, 3.63) is 27.7 Å². The summed E-state index contributed by atoms with van der Waals surface area (Å²) >= 11 is 11.7. The van der Waals surface area contributed by atoms with Gasteiger partial charge < -0.3 is 0 Å². The molecule has 7 heteroatoms. The lowest BCUT2D eigenvalue weighted by Gasteiger charge is -2.25. The molecule has 4 nitrogen and oxygen atoms in total. The lowest BCUT2D eigenvalue weighted by atomic mass is 10.1. The van der Waals surface area contributed by atoms with Crippen LogP contribution in [0.25, 0.3) is 0 Å². The average Bonchev–Trinajstić information content (AvgIpc) is 2.16. The maximum absolute atomic E-state index is 11.7. The first kappa shape index (κ1) is 11.2. The zero-order valence-corrected chi connectivity index (χ0v) is 10.0. The zero-order valence-electron chi connectivity index (χ0n) is 7.71. The standard InChI is InChI=1S/C8H8Cl2N2O2S/c1-4-5-2-3-6(9)7(10)8(5)15(13,14)12-11-4/h2-4,11-12H,1H3. The van der Waals surface area contributed by atoms with Crippen molar-refractivity contribution >= 4 is 33.2 Å². The number of rotatable bonds is 0. The molecule has 1 aromatic carbocycles. The van der Waals surface area contributed by atoms with Crippen molar-refractivity contribution in [1.29, 1.82) is 0 Å². The average molecular weight is 267 g/mol. The quantitative estimate of drug-likeness (QED) is 0.754. The lowest BCUT2D eigenvalue weighted by molar-refractivity contribution is 0.488. The first-order valence-electron chi connectivity index (χ1n) is 4.18. The van der Waals surface area contributed by atoms with Gasteiger partial charge in [0, 0.05) is 6.04 Å². The largest absolute Gasteiger partial charge is 0.255 e. The van der Waals surface area contributed by atoms with Crippen molar-refractivity contribution in [2.75, 3.05) is 0 Å². The van der Waals surface area contributed by atoms with E-state index in [2.05, 4.69) is 10.3 Å². The molecule has 82 valence electrons. The van der Waals surface area contributed by atoms with Crippen molar-refractivity contribution < 1.29 is 8.42 Å². The summed E-state index contributed by atoms with van der Waals surface area (Å²) in [5.74, 6) is 0. The molecule has 0 aliphatic carbocycles. The van der Waals surface area contributed by atoms with Gasteiger partial charge in [-0.2, -0.15) is 0 Å². The summed E-state index contributed by atoms with van der Waals surface area (Å²) in [6.07, 6.45) is 0. The third-order valence-electron chi connectivity index (χ3n) is 2.23. The second kappa shape index (κ2) is 3.61. The van der Waals surface area contributed by atoms with Gasteiger partial charge in [-0.25, -0.2) is 13.8 Å². The van der Waals surface area contributed by atoms with Crippen LogP contribution in [-0.2, 0) is 10.0 Å². The van der Waals surface area contributed by atoms with Gasteiger partial charge in [-0.3, -0.25) is 0 Å². The Morgan fingerprint density at radius 1 is 1.33 bits per heavy atom. The molecule has 1 aliphatic rings. The van der Waals surface area contributed by atoms with E-state index >= 15 is 0 Å². The van der Waals surface area contributed by atoms with E-state index in [9.17, 15) is 8.42 Å². The smallest absolute Gasteiger partial charge is 0.237 e. The van der Waals surface area contributed by atoms with E-state index in [0.717, 1.165) is 0 Å². The van der Waals surface area contributed by atoms with Crippen LogP contribution in [0.1, 0.15) is 18.5 Å². The molecule has 1 aliphatic heterocycles. The molecule has 2 N–H and O–H groups in total. The molecule has 2 rings (SSSR count). The number of halogens is 2. The molecule has 0 spiro atoms. The van der Waals surface area contributed by atoms with Crippen LogP contribution < -0.4 is 10.3 Å². The molecule has 0 amide bonds. The van der Waals surface area contributed by atoms with E-state index in [1.54, 1.807) is 12.1 Å². The second-order valence-corrected chi connectivity index (χ2v) is 5.66. The third kappa shape index (κ3) is 1.74. The van der Waals surface area contributed by atoms with Gasteiger partial charge in [-0.05, 0) is 18.6 Å². The summed E-state index contributed by atoms with van der Waals surface area (Å²) in [6.45, 7) is 1.82. The zero-order chi connectivity index (χ0) is 11.2. The van der Waals surface area contributed by atoms with Crippen LogP contribution in [0.3, 0.4) is 0 Å². The Morgan fingerprint density at radius 2 is 2.00 bits per heavy atom. The Morgan fingerprint density at radius 3 is 2.67 bits per heavy atom. The highest BCUT2D eigenvalue weighted by molar-refractivity contribution is 7.89. The Labute approximate surface area is 97.6 Å². The van der Waals surface area contributed by atoms with Crippen LogP contribution in [0.2, 0.25) is 10.0 Å². The molecular weight excluding hydrogens is 259 g/mol. The van der Waals surface area contributed by atoms with Gasteiger partial charge in [0.15, 0.2) is 0 Å². The number of fused-ring (bicyclic) bond motifs is 1. The number of nitrogens with one attached hydrogen (secondary N) is 2. The normalized spacial score (nSPS) is 23.5. The van der Waals surface area contributed by atoms with Crippen LogP contribution in [0.4, 0.5) is 0 Å². The maximum Gasteiger partial charge on any atom is 0.255 e. The minimum Gasteiger partial charge on any atom is -0.237 e. The second-order valence-electron chi connectivity index (χ2n) is 3.25. The number of sulfonamides is 1. The predicted octanol–water partition coefficient (Wildman–Crippen LogP) is 1.85. The Hall–Kier alpha value is -0.330. The Kier molecular flexibility index (Phi) is 2.68. The highest BCUT2D eigenvalue weighted by Gasteiger charge is 2.30. The lowest BCUT2D eigenvalue weighted by Crippen LogP contribution is -2.44. The molecule has 1 aromatic rings. The van der Waals surface area contributed by atoms with Crippen LogP contribution in [0.5, 0.6) is 0 Å². The molecule has 0 fully saturated rings. The van der Waals surface area contributed by atoms with Crippen molar-refractivity contribution in [3.8, 4) is 0 Å². The van der Waals surface area contributed by atoms with Crippen LogP contribution in [0.15, 0.2) is 17.0 Å². The van der Waals surface area contributed by atoms with Crippen LogP contribution in [-0.4, -0.2) is 8.42 Å². The minimum absolute atomic E-state index is 0.0583. The molecule has 1 unspecified atom stereocenters. The van der Waals surface area contributed by atoms with Gasteiger partial charge in [0.25, 0.3) is 10.0 Å². The van der Waals surface area contributed by atoms with Crippen LogP contribution in [0, 0.1) is 0 Å². The fourth-order valence-electron chi connectivity index (χ4n) is 1.46. The molecule has 0 saturated carbocycles. The first-order valence-corrected chi connectivity index (χ1v) is 6.42. The highest BCUT2D eigenvalue weighted by atomic mass is 35.5. The monoisotopic (exact) mass is 266 g/mol. The van der Waals surface area contributed by atoms with E-state index in [0.29, 0.717) is 5.56 Å². The number of benzene rings is 1. The SMILES string of the molecule is CC1NNS(=O)(=O)c2c1ccc(Cl)c2Cl. The third-order valence-corrected chi connectivity index (χ3v) is 4.51. The molecule has 1 heterocycles. The fraction of sp³-hybridized carbons (Fsp3) is 0.250. The van der Waals surface area contributed by atoms with E-state index in [-0.39, 0.29) is 21.0 Å². The fourth-order valence-corrected chi connectivity index (χ4v) is 3.48. The van der Waals surface area contributed by atoms with Gasteiger partial charge in [0.1, 0.15) is 4.90 Å². The molecule has 0 aromatic heterocycles. The van der Waals surface area contributed by atoms with E-state index in [1.807, 2.05) is 6.92 Å². The van der Waals surface area contributed by atoms with Crippen molar-refractivity contribution in [3.63, 3.8) is 0 Å². The number of hydrogen-bond acceptors (Lipinski definition) is 3. The van der Waals surface area contributed by atoms with E-state index < -0.39 is 10.0 Å². The summed E-state index contributed by atoms with van der Waals surface area (Å²) in [4.78, 5) is 2.27. The van der Waals surface area contributed by atoms with Crippen molar-refractivity contribution in [1.82, 2.24) is 10.3 Å². The molecule has 1 atom stereocenters. The maximum atomic E-state index is 11.7. The topological polar surface area (TPSA) is 58.2 Å². The van der Waals surface area contributed by atoms with Gasteiger partial charge in [0.2, 0.25) is 0 Å². The summed E-state index contributed by atoms with van der Waals surface area (Å²) in [5.41, 5.74) is 3.25. The minimum atomic E-state index is -3.61. The van der Waals surface area contributed by atoms with Gasteiger partial charge in [-0.15, -0.1) is 4.83 Å². The van der Waals surface area contributed by atoms with E-state index in [4.69, 9.17) is 23.2 Å². The van der Waals surface area contributed by atoms with Crippen molar-refractivity contribution in [2.24, 2.45) is 0 Å². The molecule has 0 radical (unpaired) electrons. The number of hydrazine groups is 1. The molecule has 15 heavy (non-hydrogen) atoms. The summed E-state index contributed by atoms with van der Waals surface area (Å²) < 4.78 is 23.3. The summed E-state index contributed by atoms with van der Waals surface area (Å²) in [5, 5.41) is 0.296. The van der Waals surface area contributed by atoms with E-state index in [1.165, 1.54) is 0 Å². The van der Waals surface area contributed by atoms with Crippen LogP contribution >= 0.6 is 23.2 Å². The molecule has 0 bridgehead atoms. The summed E-state index contributed by atoms with van der Waals surface area (Å²) in [7, 11) is -3.61.